The van der Waals surface area contributed by atoms with Gasteiger partial charge in [0.2, 0.25) is 0 Å². The Balaban J connectivity index is 1.67. The average Bonchev–Trinajstić information content (AvgIpc) is 3.79. The minimum Gasteiger partial charge on any atom is -0.390 e. The van der Waals surface area contributed by atoms with Crippen LogP contribution in [0.3, 0.4) is 0 Å². The van der Waals surface area contributed by atoms with Crippen LogP contribution >= 0.6 is 0 Å². The second kappa shape index (κ2) is 43.6. The number of nitrogens with zero attached hydrogens (tertiary/aromatic N) is 3. The van der Waals surface area contributed by atoms with E-state index in [4.69, 9.17) is 9.47 Å². The summed E-state index contributed by atoms with van der Waals surface area (Å²) in [6.07, 6.45) is 44.1. The quantitative estimate of drug-likeness (QED) is 0.0347. The number of hydrogen-bond donors (Lipinski definition) is 6. The molecule has 11 heteroatoms. The third-order valence-electron chi connectivity index (χ3n) is 14.4. The molecular formula is C56H110N4O7. The number of aliphatic hydroxyl groups excluding tert-OH is 5. The third kappa shape index (κ3) is 31.7. The van der Waals surface area contributed by atoms with Crippen LogP contribution in [0.4, 0.5) is 0 Å². The van der Waals surface area contributed by atoms with Gasteiger partial charge in [-0.3, -0.25) is 0 Å². The van der Waals surface area contributed by atoms with Crippen LogP contribution in [-0.4, -0.2) is 103 Å². The fourth-order valence-electron chi connectivity index (χ4n) is 9.77. The maximum atomic E-state index is 11.4. The summed E-state index contributed by atoms with van der Waals surface area (Å²) in [6.45, 7) is 7.42. The smallest absolute Gasteiger partial charge is 0.186 e. The van der Waals surface area contributed by atoms with E-state index in [0.29, 0.717) is 13.0 Å². The first-order valence-corrected chi connectivity index (χ1v) is 29.1. The molecule has 0 bridgehead atoms. The summed E-state index contributed by atoms with van der Waals surface area (Å²) < 4.78 is 13.7. The maximum Gasteiger partial charge on any atom is 0.186 e. The van der Waals surface area contributed by atoms with Crippen LogP contribution < -0.4 is 5.32 Å². The van der Waals surface area contributed by atoms with Gasteiger partial charge in [0.1, 0.15) is 24.4 Å². The van der Waals surface area contributed by atoms with Crippen molar-refractivity contribution in [3.63, 3.8) is 0 Å². The number of nitrogens with one attached hydrogen (secondary N) is 1. The lowest BCUT2D eigenvalue weighted by Gasteiger charge is -2.41. The number of unbranched alkanes of at least 4 members (excludes halogenated alkanes) is 35. The van der Waals surface area contributed by atoms with Gasteiger partial charge in [-0.2, -0.15) is 0 Å². The van der Waals surface area contributed by atoms with Gasteiger partial charge in [-0.25, -0.2) is 4.68 Å². The molecule has 2 heterocycles. The molecule has 6 N–H and O–H groups in total. The Bertz CT molecular complexity index is 1190. The second-order valence-electron chi connectivity index (χ2n) is 20.8. The number of rotatable bonds is 49. The van der Waals surface area contributed by atoms with E-state index in [1.807, 2.05) is 6.20 Å². The molecule has 1 aromatic heterocycles. The summed E-state index contributed by atoms with van der Waals surface area (Å²) in [4.78, 5) is 0. The molecule has 0 spiro atoms. The monoisotopic (exact) mass is 951 g/mol. The van der Waals surface area contributed by atoms with Crippen LogP contribution in [0.2, 0.25) is 0 Å². The first-order valence-electron chi connectivity index (χ1n) is 29.1. The minimum absolute atomic E-state index is 0.0438. The molecule has 0 amide bonds. The Morgan fingerprint density at radius 2 is 0.940 bits per heavy atom. The number of aryl methyl sites for hydroxylation is 1. The zero-order valence-corrected chi connectivity index (χ0v) is 44.0. The molecule has 0 unspecified atom stereocenters. The highest BCUT2D eigenvalue weighted by molar-refractivity contribution is 4.95. The Kier molecular flexibility index (Phi) is 40.3. The maximum absolute atomic E-state index is 11.4. The van der Waals surface area contributed by atoms with Crippen LogP contribution in [0.25, 0.3) is 0 Å². The molecule has 1 aliphatic heterocycles. The summed E-state index contributed by atoms with van der Waals surface area (Å²) >= 11 is 0. The van der Waals surface area contributed by atoms with E-state index in [9.17, 15) is 25.5 Å². The molecule has 0 radical (unpaired) electrons. The summed E-state index contributed by atoms with van der Waals surface area (Å²) in [7, 11) is 0. The largest absolute Gasteiger partial charge is 0.390 e. The predicted molar refractivity (Wildman–Crippen MR) is 277 cm³/mol. The number of ether oxygens (including phenoxy) is 2. The molecule has 2 rings (SSSR count). The fraction of sp³-hybridized carbons (Fsp3) is 0.964. The van der Waals surface area contributed by atoms with E-state index in [2.05, 4.69) is 36.4 Å². The zero-order chi connectivity index (χ0) is 48.4. The van der Waals surface area contributed by atoms with Crippen molar-refractivity contribution in [2.75, 3.05) is 13.2 Å². The summed E-state index contributed by atoms with van der Waals surface area (Å²) in [5.74, 6) is 0. The zero-order valence-electron chi connectivity index (χ0n) is 44.0. The molecule has 396 valence electrons. The van der Waals surface area contributed by atoms with Gasteiger partial charge in [0.25, 0.3) is 0 Å². The highest BCUT2D eigenvalue weighted by Crippen LogP contribution is 2.25. The van der Waals surface area contributed by atoms with Gasteiger partial charge >= 0.3 is 0 Å². The van der Waals surface area contributed by atoms with Crippen LogP contribution in [0.15, 0.2) is 6.20 Å². The normalized spacial score (nSPS) is 20.1. The van der Waals surface area contributed by atoms with E-state index < -0.39 is 49.0 Å². The Labute approximate surface area is 412 Å². The molecule has 11 nitrogen and oxygen atoms in total. The van der Waals surface area contributed by atoms with Gasteiger partial charge in [0.05, 0.1) is 37.1 Å². The first kappa shape index (κ1) is 61.9. The van der Waals surface area contributed by atoms with Crippen LogP contribution in [0.5, 0.6) is 0 Å². The van der Waals surface area contributed by atoms with Gasteiger partial charge in [0.15, 0.2) is 6.29 Å². The first-order chi connectivity index (χ1) is 32.8. The van der Waals surface area contributed by atoms with Crippen molar-refractivity contribution in [3.05, 3.63) is 11.9 Å². The Morgan fingerprint density at radius 3 is 1.37 bits per heavy atom. The summed E-state index contributed by atoms with van der Waals surface area (Å²) in [5, 5.41) is 66.9. The Hall–Kier alpha value is -1.18. The van der Waals surface area contributed by atoms with Crippen LogP contribution in [0.1, 0.15) is 277 Å². The van der Waals surface area contributed by atoms with Crippen molar-refractivity contribution in [1.82, 2.24) is 20.3 Å². The average molecular weight is 952 g/mol. The van der Waals surface area contributed by atoms with Crippen molar-refractivity contribution in [2.45, 2.75) is 333 Å². The molecule has 0 aliphatic carbocycles. The van der Waals surface area contributed by atoms with Gasteiger partial charge in [-0.1, -0.05) is 257 Å². The van der Waals surface area contributed by atoms with Crippen molar-refractivity contribution in [3.8, 4) is 0 Å². The lowest BCUT2D eigenvalue weighted by Crippen LogP contribution is -2.60. The standard InChI is InChI=1S/C56H110N4O7/c1-4-7-10-12-14-16-18-20-21-22-23-24-25-26-27-28-29-30-31-33-35-37-39-41-44-57-49(52(62)50(61)43-40-38-36-34-32-19-17-15-13-11-8-5-2)47-66-56-55(65)54(64)53(63)51(67-56)46-60-45-48(58-59-60)42-9-6-3/h45,49-57,61-65H,4-44,46-47H2,1-3H3/t49-,50+,51+,52-,53-,54-,55+,56-/m0/s1. The summed E-state index contributed by atoms with van der Waals surface area (Å²) in [6, 6.07) is -0.605. The second-order valence-corrected chi connectivity index (χ2v) is 20.8. The van der Waals surface area contributed by atoms with Crippen molar-refractivity contribution >= 4 is 0 Å². The SMILES string of the molecule is CCCCCCCCCCCCCCCCCCCCCCCCCCN[C@@H](CO[C@H]1O[C@H](Cn2cc(CCCC)nn2)[C@H](O)[C@H](O)[C@H]1O)[C@H](O)[C@H](O)CCCCCCCCCCCCCC. The van der Waals surface area contributed by atoms with E-state index in [1.165, 1.54) is 199 Å². The van der Waals surface area contributed by atoms with E-state index in [1.54, 1.807) is 4.68 Å². The topological polar surface area (TPSA) is 162 Å². The van der Waals surface area contributed by atoms with E-state index in [0.717, 1.165) is 57.1 Å². The number of aliphatic hydroxyl groups is 5. The van der Waals surface area contributed by atoms with E-state index in [-0.39, 0.29) is 13.2 Å². The van der Waals surface area contributed by atoms with Crippen molar-refractivity contribution in [1.29, 1.82) is 0 Å². The molecule has 8 atom stereocenters. The van der Waals surface area contributed by atoms with Crippen LogP contribution in [-0.2, 0) is 22.4 Å². The molecule has 1 aromatic rings. The lowest BCUT2D eigenvalue weighted by molar-refractivity contribution is -0.301. The van der Waals surface area contributed by atoms with Gasteiger partial charge in [0, 0.05) is 6.20 Å². The predicted octanol–water partition coefficient (Wildman–Crippen LogP) is 12.6. The molecule has 1 saturated heterocycles. The fourth-order valence-corrected chi connectivity index (χ4v) is 9.77. The molecule has 1 aliphatic rings. The highest BCUT2D eigenvalue weighted by Gasteiger charge is 2.45. The number of hydrogen-bond acceptors (Lipinski definition) is 10. The molecule has 1 fully saturated rings. The molecular weight excluding hydrogens is 841 g/mol. The van der Waals surface area contributed by atoms with Crippen molar-refractivity contribution in [2.24, 2.45) is 0 Å². The van der Waals surface area contributed by atoms with Crippen LogP contribution in [0, 0.1) is 0 Å². The molecule has 0 aromatic carbocycles. The number of aromatic nitrogens is 3. The molecule has 0 saturated carbocycles. The van der Waals surface area contributed by atoms with Gasteiger partial charge < -0.3 is 40.3 Å². The third-order valence-corrected chi connectivity index (χ3v) is 14.4. The Morgan fingerprint density at radius 1 is 0.537 bits per heavy atom. The lowest BCUT2D eigenvalue weighted by atomic mass is 9.98. The van der Waals surface area contributed by atoms with E-state index >= 15 is 0 Å². The highest BCUT2D eigenvalue weighted by atomic mass is 16.7. The van der Waals surface area contributed by atoms with Crippen molar-refractivity contribution < 1.29 is 35.0 Å². The van der Waals surface area contributed by atoms with Gasteiger partial charge in [-0.15, -0.1) is 5.10 Å². The molecule has 67 heavy (non-hydrogen) atoms. The minimum atomic E-state index is -1.49. The summed E-state index contributed by atoms with van der Waals surface area (Å²) in [5.41, 5.74) is 0.849. The van der Waals surface area contributed by atoms with Gasteiger partial charge in [-0.05, 0) is 32.2 Å².